The van der Waals surface area contributed by atoms with Gasteiger partial charge in [0.25, 0.3) is 5.91 Å². The Morgan fingerprint density at radius 3 is 2.83 bits per heavy atom. The second-order valence-electron chi connectivity index (χ2n) is 3.75. The van der Waals surface area contributed by atoms with Gasteiger partial charge in [-0.05, 0) is 12.1 Å². The number of methoxy groups -OCH3 is 2. The fourth-order valence-corrected chi connectivity index (χ4v) is 1.52. The highest BCUT2D eigenvalue weighted by atomic mass is 16.5. The van der Waals surface area contributed by atoms with Crippen molar-refractivity contribution in [3.8, 4) is 5.75 Å². The summed E-state index contributed by atoms with van der Waals surface area (Å²) in [6.07, 6.45) is -0.744. The molecule has 18 heavy (non-hydrogen) atoms. The van der Waals surface area contributed by atoms with Gasteiger partial charge in [-0.1, -0.05) is 6.07 Å². The van der Waals surface area contributed by atoms with Gasteiger partial charge in [0.15, 0.2) is 5.75 Å². The number of nitrogens with two attached hydrogens (primary N) is 1. The molecule has 6 nitrogen and oxygen atoms in total. The number of aliphatic hydroxyl groups excluding tert-OH is 1. The predicted octanol–water partition coefficient (Wildman–Crippen LogP) is 0.0145. The number of ether oxygens (including phenoxy) is 2. The number of anilines is 1. The third-order valence-corrected chi connectivity index (χ3v) is 2.35. The highest BCUT2D eigenvalue weighted by molar-refractivity contribution is 5.98. The minimum atomic E-state index is -0.744. The van der Waals surface area contributed by atoms with Gasteiger partial charge in [0.1, 0.15) is 0 Å². The zero-order valence-electron chi connectivity index (χ0n) is 10.5. The molecule has 0 spiro atoms. The SMILES string of the molecule is COCC(O)CNC(=O)c1cccc(N)c1OC. The van der Waals surface area contributed by atoms with Gasteiger partial charge in [-0.25, -0.2) is 0 Å². The fourth-order valence-electron chi connectivity index (χ4n) is 1.52. The molecule has 1 rings (SSSR count). The standard InChI is InChI=1S/C12H18N2O4/c1-17-7-8(15)6-14-12(16)9-4-3-5-10(13)11(9)18-2/h3-5,8,15H,6-7,13H2,1-2H3,(H,14,16). The summed E-state index contributed by atoms with van der Waals surface area (Å²) in [6, 6.07) is 4.92. The summed E-state index contributed by atoms with van der Waals surface area (Å²) in [5, 5.41) is 12.0. The van der Waals surface area contributed by atoms with Crippen LogP contribution in [0.1, 0.15) is 10.4 Å². The largest absolute Gasteiger partial charge is 0.494 e. The normalized spacial score (nSPS) is 11.9. The Labute approximate surface area is 106 Å². The minimum Gasteiger partial charge on any atom is -0.494 e. The fraction of sp³-hybridized carbons (Fsp3) is 0.417. The van der Waals surface area contributed by atoms with Gasteiger partial charge in [-0.3, -0.25) is 4.79 Å². The first kappa shape index (κ1) is 14.3. The summed E-state index contributed by atoms with van der Waals surface area (Å²) < 4.78 is 9.84. The van der Waals surface area contributed by atoms with Gasteiger partial charge in [-0.2, -0.15) is 0 Å². The van der Waals surface area contributed by atoms with E-state index in [0.717, 1.165) is 0 Å². The molecule has 0 aliphatic carbocycles. The van der Waals surface area contributed by atoms with Crippen molar-refractivity contribution < 1.29 is 19.4 Å². The average molecular weight is 254 g/mol. The number of amides is 1. The van der Waals surface area contributed by atoms with E-state index in [1.165, 1.54) is 14.2 Å². The van der Waals surface area contributed by atoms with Gasteiger partial charge in [-0.15, -0.1) is 0 Å². The number of carbonyl (C=O) groups is 1. The third-order valence-electron chi connectivity index (χ3n) is 2.35. The van der Waals surface area contributed by atoms with Crippen LogP contribution in [0.3, 0.4) is 0 Å². The number of hydrogen-bond acceptors (Lipinski definition) is 5. The maximum Gasteiger partial charge on any atom is 0.255 e. The van der Waals surface area contributed by atoms with Crippen molar-refractivity contribution in [3.05, 3.63) is 23.8 Å². The summed E-state index contributed by atoms with van der Waals surface area (Å²) in [4.78, 5) is 11.9. The summed E-state index contributed by atoms with van der Waals surface area (Å²) in [6.45, 7) is 0.263. The highest BCUT2D eigenvalue weighted by Gasteiger charge is 2.15. The smallest absolute Gasteiger partial charge is 0.255 e. The van der Waals surface area contributed by atoms with E-state index in [1.54, 1.807) is 18.2 Å². The quantitative estimate of drug-likeness (QED) is 0.622. The molecule has 0 saturated heterocycles. The molecule has 6 heteroatoms. The van der Waals surface area contributed by atoms with Crippen LogP contribution in [-0.4, -0.2) is 44.5 Å². The van der Waals surface area contributed by atoms with Crippen molar-refractivity contribution in [2.75, 3.05) is 33.1 Å². The molecule has 0 radical (unpaired) electrons. The lowest BCUT2D eigenvalue weighted by Gasteiger charge is -2.13. The molecule has 0 aliphatic rings. The third kappa shape index (κ3) is 3.61. The molecule has 0 bridgehead atoms. The van der Waals surface area contributed by atoms with Crippen molar-refractivity contribution in [2.45, 2.75) is 6.10 Å². The van der Waals surface area contributed by atoms with Crippen molar-refractivity contribution >= 4 is 11.6 Å². The molecule has 1 aromatic carbocycles. The average Bonchev–Trinajstić information content (AvgIpc) is 2.36. The monoisotopic (exact) mass is 254 g/mol. The molecule has 0 aromatic heterocycles. The van der Waals surface area contributed by atoms with Crippen LogP contribution in [0.15, 0.2) is 18.2 Å². The second-order valence-corrected chi connectivity index (χ2v) is 3.75. The Balaban J connectivity index is 2.70. The van der Waals surface area contributed by atoms with E-state index in [-0.39, 0.29) is 19.1 Å². The summed E-state index contributed by atoms with van der Waals surface area (Å²) in [5.41, 5.74) is 6.43. The van der Waals surface area contributed by atoms with Gasteiger partial charge >= 0.3 is 0 Å². The number of aliphatic hydroxyl groups is 1. The molecule has 0 fully saturated rings. The topological polar surface area (TPSA) is 93.8 Å². The molecule has 4 N–H and O–H groups in total. The van der Waals surface area contributed by atoms with Gasteiger partial charge in [0.05, 0.1) is 31.1 Å². The van der Waals surface area contributed by atoms with Crippen molar-refractivity contribution in [3.63, 3.8) is 0 Å². The number of carbonyl (C=O) groups excluding carboxylic acids is 1. The first-order chi connectivity index (χ1) is 8.60. The number of para-hydroxylation sites is 1. The van der Waals surface area contributed by atoms with Gasteiger partial charge in [0.2, 0.25) is 0 Å². The van der Waals surface area contributed by atoms with Crippen LogP contribution in [0.5, 0.6) is 5.75 Å². The number of rotatable bonds is 6. The number of nitrogen functional groups attached to an aromatic ring is 1. The Bertz CT molecular complexity index is 409. The molecule has 1 atom stereocenters. The molecule has 1 unspecified atom stereocenters. The van der Waals surface area contributed by atoms with E-state index in [1.807, 2.05) is 0 Å². The van der Waals surface area contributed by atoms with E-state index >= 15 is 0 Å². The molecule has 0 aliphatic heterocycles. The van der Waals surface area contributed by atoms with Crippen molar-refractivity contribution in [1.29, 1.82) is 0 Å². The Kier molecular flexibility index (Phi) is 5.41. The molecular weight excluding hydrogens is 236 g/mol. The van der Waals surface area contributed by atoms with Crippen LogP contribution in [0.25, 0.3) is 0 Å². The summed E-state index contributed by atoms with van der Waals surface area (Å²) in [7, 11) is 2.92. The van der Waals surface area contributed by atoms with Crippen LogP contribution in [-0.2, 0) is 4.74 Å². The van der Waals surface area contributed by atoms with Crippen LogP contribution in [0.2, 0.25) is 0 Å². The summed E-state index contributed by atoms with van der Waals surface area (Å²) in [5.74, 6) is -0.0227. The number of hydrogen-bond donors (Lipinski definition) is 3. The summed E-state index contributed by atoms with van der Waals surface area (Å²) >= 11 is 0. The van der Waals surface area contributed by atoms with Crippen molar-refractivity contribution in [1.82, 2.24) is 5.32 Å². The molecule has 0 saturated carbocycles. The Morgan fingerprint density at radius 2 is 2.22 bits per heavy atom. The van der Waals surface area contributed by atoms with Crippen molar-refractivity contribution in [2.24, 2.45) is 0 Å². The van der Waals surface area contributed by atoms with E-state index in [4.69, 9.17) is 15.2 Å². The van der Waals surface area contributed by atoms with Crippen LogP contribution in [0.4, 0.5) is 5.69 Å². The maximum atomic E-state index is 11.9. The Hall–Kier alpha value is -1.79. The first-order valence-electron chi connectivity index (χ1n) is 5.47. The van der Waals surface area contributed by atoms with E-state index < -0.39 is 6.10 Å². The highest BCUT2D eigenvalue weighted by Crippen LogP contribution is 2.25. The van der Waals surface area contributed by atoms with Gasteiger partial charge < -0.3 is 25.6 Å². The number of nitrogens with one attached hydrogen (secondary N) is 1. The lowest BCUT2D eigenvalue weighted by molar-refractivity contribution is 0.0609. The van der Waals surface area contributed by atoms with E-state index in [2.05, 4.69) is 5.32 Å². The lowest BCUT2D eigenvalue weighted by Crippen LogP contribution is -2.34. The lowest BCUT2D eigenvalue weighted by atomic mass is 10.1. The second kappa shape index (κ2) is 6.83. The predicted molar refractivity (Wildman–Crippen MR) is 67.6 cm³/mol. The molecule has 1 amide bonds. The van der Waals surface area contributed by atoms with E-state index in [9.17, 15) is 9.90 Å². The molecule has 0 heterocycles. The zero-order valence-corrected chi connectivity index (χ0v) is 10.5. The van der Waals surface area contributed by atoms with Crippen LogP contribution < -0.4 is 15.8 Å². The molecule has 100 valence electrons. The van der Waals surface area contributed by atoms with Crippen LogP contribution in [0, 0.1) is 0 Å². The molecule has 1 aromatic rings. The number of benzene rings is 1. The minimum absolute atomic E-state index is 0.102. The molecular formula is C12H18N2O4. The Morgan fingerprint density at radius 1 is 1.50 bits per heavy atom. The van der Waals surface area contributed by atoms with E-state index in [0.29, 0.717) is 17.0 Å². The van der Waals surface area contributed by atoms with Gasteiger partial charge in [0, 0.05) is 13.7 Å². The maximum absolute atomic E-state index is 11.9. The first-order valence-corrected chi connectivity index (χ1v) is 5.47. The zero-order chi connectivity index (χ0) is 13.5. The van der Waals surface area contributed by atoms with Crippen LogP contribution >= 0.6 is 0 Å².